The molecule has 2 rings (SSSR count). The first-order chi connectivity index (χ1) is 11.1. The minimum absolute atomic E-state index is 0.00884. The predicted octanol–water partition coefficient (Wildman–Crippen LogP) is 5.36. The average molecular weight is 366 g/mol. The SMILES string of the molecule is CC(C)Sc1ccccc1C(=O)NCCSc1ccc(Cl)cc1. The topological polar surface area (TPSA) is 29.1 Å². The van der Waals surface area contributed by atoms with Crippen molar-refractivity contribution in [2.24, 2.45) is 0 Å². The number of carbonyl (C=O) groups excluding carboxylic acids is 1. The van der Waals surface area contributed by atoms with E-state index in [-0.39, 0.29) is 5.91 Å². The summed E-state index contributed by atoms with van der Waals surface area (Å²) < 4.78 is 0. The molecule has 1 amide bonds. The van der Waals surface area contributed by atoms with Crippen LogP contribution in [0.15, 0.2) is 58.3 Å². The zero-order chi connectivity index (χ0) is 16.7. The Labute approximate surface area is 151 Å². The smallest absolute Gasteiger partial charge is 0.252 e. The summed E-state index contributed by atoms with van der Waals surface area (Å²) in [5, 5.41) is 4.18. The van der Waals surface area contributed by atoms with Crippen molar-refractivity contribution in [1.82, 2.24) is 5.32 Å². The molecule has 2 aromatic carbocycles. The fourth-order valence-electron chi connectivity index (χ4n) is 1.97. The predicted molar refractivity (Wildman–Crippen MR) is 102 cm³/mol. The maximum Gasteiger partial charge on any atom is 0.252 e. The van der Waals surface area contributed by atoms with Crippen molar-refractivity contribution in [3.05, 3.63) is 59.1 Å². The molecule has 0 saturated carbocycles. The number of benzene rings is 2. The molecule has 0 aliphatic heterocycles. The van der Waals surface area contributed by atoms with Crippen LogP contribution in [0.3, 0.4) is 0 Å². The van der Waals surface area contributed by atoms with E-state index in [9.17, 15) is 4.79 Å². The van der Waals surface area contributed by atoms with Crippen molar-refractivity contribution in [2.45, 2.75) is 28.9 Å². The zero-order valence-electron chi connectivity index (χ0n) is 13.2. The summed E-state index contributed by atoms with van der Waals surface area (Å²) in [6.45, 7) is 4.89. The molecule has 1 N–H and O–H groups in total. The summed E-state index contributed by atoms with van der Waals surface area (Å²) >= 11 is 9.28. The van der Waals surface area contributed by atoms with E-state index in [1.54, 1.807) is 23.5 Å². The number of amides is 1. The molecule has 0 heterocycles. The number of hydrogen-bond donors (Lipinski definition) is 1. The van der Waals surface area contributed by atoms with Crippen LogP contribution in [0.2, 0.25) is 5.02 Å². The summed E-state index contributed by atoms with van der Waals surface area (Å²) in [5.74, 6) is 0.817. The molecule has 23 heavy (non-hydrogen) atoms. The second-order valence-corrected chi connectivity index (χ2v) is 8.44. The van der Waals surface area contributed by atoms with Crippen molar-refractivity contribution >= 4 is 41.0 Å². The van der Waals surface area contributed by atoms with Gasteiger partial charge in [0.05, 0.1) is 5.56 Å². The molecular weight excluding hydrogens is 346 g/mol. The molecule has 5 heteroatoms. The number of hydrogen-bond acceptors (Lipinski definition) is 3. The van der Waals surface area contributed by atoms with Crippen molar-refractivity contribution in [2.75, 3.05) is 12.3 Å². The third-order valence-corrected chi connectivity index (χ3v) is 5.31. The Bertz CT molecular complexity index is 644. The van der Waals surface area contributed by atoms with Crippen molar-refractivity contribution in [3.63, 3.8) is 0 Å². The third kappa shape index (κ3) is 6.13. The van der Waals surface area contributed by atoms with Gasteiger partial charge in [0.25, 0.3) is 5.91 Å². The first-order valence-corrected chi connectivity index (χ1v) is 9.73. The maximum absolute atomic E-state index is 12.4. The molecule has 0 bridgehead atoms. The van der Waals surface area contributed by atoms with E-state index in [0.717, 1.165) is 26.1 Å². The van der Waals surface area contributed by atoms with Gasteiger partial charge in [-0.1, -0.05) is 37.6 Å². The summed E-state index contributed by atoms with van der Waals surface area (Å²) in [7, 11) is 0. The first-order valence-electron chi connectivity index (χ1n) is 7.48. The molecular formula is C18H20ClNOS2. The lowest BCUT2D eigenvalue weighted by molar-refractivity contribution is 0.0953. The van der Waals surface area contributed by atoms with Crippen molar-refractivity contribution in [1.29, 1.82) is 0 Å². The van der Waals surface area contributed by atoms with Gasteiger partial charge in [0.2, 0.25) is 0 Å². The van der Waals surface area contributed by atoms with Crippen LogP contribution in [0.1, 0.15) is 24.2 Å². The monoisotopic (exact) mass is 365 g/mol. The van der Waals surface area contributed by atoms with Gasteiger partial charge < -0.3 is 5.32 Å². The molecule has 0 radical (unpaired) electrons. The lowest BCUT2D eigenvalue weighted by Gasteiger charge is -2.11. The summed E-state index contributed by atoms with van der Waals surface area (Å²) in [4.78, 5) is 14.5. The minimum atomic E-state index is -0.00884. The van der Waals surface area contributed by atoms with Crippen molar-refractivity contribution in [3.8, 4) is 0 Å². The van der Waals surface area contributed by atoms with Gasteiger partial charge >= 0.3 is 0 Å². The van der Waals surface area contributed by atoms with E-state index in [0.29, 0.717) is 11.8 Å². The van der Waals surface area contributed by atoms with E-state index in [1.165, 1.54) is 0 Å². The Hall–Kier alpha value is -1.10. The van der Waals surface area contributed by atoms with Gasteiger partial charge in [0, 0.05) is 32.4 Å². The highest BCUT2D eigenvalue weighted by Crippen LogP contribution is 2.26. The molecule has 0 fully saturated rings. The van der Waals surface area contributed by atoms with Gasteiger partial charge in [0.15, 0.2) is 0 Å². The van der Waals surface area contributed by atoms with Crippen LogP contribution in [0, 0.1) is 0 Å². The summed E-state index contributed by atoms with van der Waals surface area (Å²) in [6, 6.07) is 15.5. The average Bonchev–Trinajstić information content (AvgIpc) is 2.53. The van der Waals surface area contributed by atoms with Gasteiger partial charge in [-0.2, -0.15) is 0 Å². The Morgan fingerprint density at radius 1 is 1.13 bits per heavy atom. The zero-order valence-corrected chi connectivity index (χ0v) is 15.6. The number of nitrogens with one attached hydrogen (secondary N) is 1. The molecule has 0 atom stereocenters. The van der Waals surface area contributed by atoms with Crippen LogP contribution in [-0.4, -0.2) is 23.5 Å². The van der Waals surface area contributed by atoms with Gasteiger partial charge in [-0.25, -0.2) is 0 Å². The minimum Gasteiger partial charge on any atom is -0.351 e. The normalized spacial score (nSPS) is 10.8. The van der Waals surface area contributed by atoms with Crippen LogP contribution in [-0.2, 0) is 0 Å². The van der Waals surface area contributed by atoms with Crippen LogP contribution in [0.5, 0.6) is 0 Å². The molecule has 2 aromatic rings. The van der Waals surface area contributed by atoms with E-state index >= 15 is 0 Å². The van der Waals surface area contributed by atoms with E-state index in [1.807, 2.05) is 48.5 Å². The van der Waals surface area contributed by atoms with E-state index in [4.69, 9.17) is 11.6 Å². The highest BCUT2D eigenvalue weighted by molar-refractivity contribution is 8.00. The molecule has 2 nitrogen and oxygen atoms in total. The second kappa shape index (κ2) is 9.26. The Morgan fingerprint density at radius 3 is 2.52 bits per heavy atom. The van der Waals surface area contributed by atoms with E-state index < -0.39 is 0 Å². The highest BCUT2D eigenvalue weighted by Gasteiger charge is 2.11. The molecule has 0 saturated heterocycles. The lowest BCUT2D eigenvalue weighted by Crippen LogP contribution is -2.26. The molecule has 122 valence electrons. The number of thioether (sulfide) groups is 2. The number of rotatable bonds is 7. The summed E-state index contributed by atoms with van der Waals surface area (Å²) in [6.07, 6.45) is 0. The molecule has 0 aliphatic carbocycles. The largest absolute Gasteiger partial charge is 0.351 e. The van der Waals surface area contributed by atoms with E-state index in [2.05, 4.69) is 19.2 Å². The number of halogens is 1. The Morgan fingerprint density at radius 2 is 1.83 bits per heavy atom. The highest BCUT2D eigenvalue weighted by atomic mass is 35.5. The Balaban J connectivity index is 1.84. The van der Waals surface area contributed by atoms with Crippen LogP contribution in [0.25, 0.3) is 0 Å². The Kier molecular flexibility index (Phi) is 7.34. The van der Waals surface area contributed by atoms with Crippen LogP contribution in [0.4, 0.5) is 0 Å². The lowest BCUT2D eigenvalue weighted by atomic mass is 10.2. The maximum atomic E-state index is 12.4. The summed E-state index contributed by atoms with van der Waals surface area (Å²) in [5.41, 5.74) is 0.752. The first kappa shape index (κ1) is 18.2. The number of carbonyl (C=O) groups is 1. The van der Waals surface area contributed by atoms with Crippen LogP contribution < -0.4 is 5.32 Å². The fraction of sp³-hybridized carbons (Fsp3) is 0.278. The van der Waals surface area contributed by atoms with Gasteiger partial charge in [-0.3, -0.25) is 4.79 Å². The van der Waals surface area contributed by atoms with Gasteiger partial charge in [-0.05, 0) is 36.4 Å². The van der Waals surface area contributed by atoms with Gasteiger partial charge in [-0.15, -0.1) is 23.5 Å². The van der Waals surface area contributed by atoms with Gasteiger partial charge in [0.1, 0.15) is 0 Å². The molecule has 0 spiro atoms. The second-order valence-electron chi connectivity index (χ2n) is 5.22. The molecule has 0 aliphatic rings. The quantitative estimate of drug-likeness (QED) is 0.528. The van der Waals surface area contributed by atoms with Crippen molar-refractivity contribution < 1.29 is 4.79 Å². The third-order valence-electron chi connectivity index (χ3n) is 2.96. The van der Waals surface area contributed by atoms with Crippen LogP contribution >= 0.6 is 35.1 Å². The fourth-order valence-corrected chi connectivity index (χ4v) is 3.82. The standard InChI is InChI=1S/C18H20ClNOS2/c1-13(2)23-17-6-4-3-5-16(17)18(21)20-11-12-22-15-9-7-14(19)8-10-15/h3-10,13H,11-12H2,1-2H3,(H,20,21). The molecule has 0 unspecified atom stereocenters. The molecule has 0 aromatic heterocycles.